The van der Waals surface area contributed by atoms with Crippen LogP contribution in [0, 0.1) is 6.92 Å². The quantitative estimate of drug-likeness (QED) is 0.269. The van der Waals surface area contributed by atoms with Crippen LogP contribution in [0.25, 0.3) is 0 Å². The number of aromatic nitrogens is 2. The Labute approximate surface area is 253 Å². The van der Waals surface area contributed by atoms with Gasteiger partial charge in [-0.1, -0.05) is 48.4 Å². The number of aryl methyl sites for hydroxylation is 1. The van der Waals surface area contributed by atoms with Crippen LogP contribution < -0.4 is 21.1 Å². The summed E-state index contributed by atoms with van der Waals surface area (Å²) in [5.74, 6) is -0.393. The number of primary sulfonamides is 1. The SMILES string of the molecule is CC[C@H]1CN(c2nc(N)c(C(=O)NCCCS(N)(=O)=O)nc2Cl)CCN1C1CCN(C(CO)c2ccc(C)cc2)CC1. The van der Waals surface area contributed by atoms with Gasteiger partial charge in [-0.3, -0.25) is 14.6 Å². The number of nitrogens with zero attached hydrogens (tertiary/aromatic N) is 5. The number of nitrogens with two attached hydrogens (primary N) is 2. The number of sulfonamides is 1. The Kier molecular flexibility index (Phi) is 11.0. The maximum absolute atomic E-state index is 12.6. The number of aliphatic hydroxyl groups excluding tert-OH is 1. The molecule has 0 bridgehead atoms. The first-order chi connectivity index (χ1) is 20.0. The minimum atomic E-state index is -3.60. The van der Waals surface area contributed by atoms with Crippen LogP contribution in [0.15, 0.2) is 24.3 Å². The molecule has 2 saturated heterocycles. The number of carbonyl (C=O) groups excluding carboxylic acids is 1. The average molecular weight is 623 g/mol. The number of piperazine rings is 1. The van der Waals surface area contributed by atoms with Gasteiger partial charge in [-0.15, -0.1) is 0 Å². The van der Waals surface area contributed by atoms with E-state index in [1.807, 2.05) is 0 Å². The molecular formula is C28H43ClN8O4S. The Morgan fingerprint density at radius 2 is 1.86 bits per heavy atom. The highest BCUT2D eigenvalue weighted by molar-refractivity contribution is 7.89. The van der Waals surface area contributed by atoms with E-state index in [2.05, 4.69) is 68.1 Å². The summed E-state index contributed by atoms with van der Waals surface area (Å²) in [6.07, 6.45) is 3.19. The number of piperidine rings is 1. The second-order valence-electron chi connectivity index (χ2n) is 11.2. The highest BCUT2D eigenvalue weighted by atomic mass is 35.5. The fourth-order valence-corrected chi connectivity index (χ4v) is 6.79. The van der Waals surface area contributed by atoms with Gasteiger partial charge >= 0.3 is 0 Å². The van der Waals surface area contributed by atoms with Gasteiger partial charge in [0.25, 0.3) is 5.91 Å². The zero-order valence-corrected chi connectivity index (χ0v) is 25.9. The molecule has 1 aromatic heterocycles. The molecule has 2 atom stereocenters. The van der Waals surface area contributed by atoms with Crippen molar-refractivity contribution >= 4 is 39.2 Å². The van der Waals surface area contributed by atoms with Crippen LogP contribution in [-0.2, 0) is 10.0 Å². The summed E-state index contributed by atoms with van der Waals surface area (Å²) in [6, 6.07) is 9.20. The van der Waals surface area contributed by atoms with E-state index < -0.39 is 15.9 Å². The van der Waals surface area contributed by atoms with Gasteiger partial charge in [-0.05, 0) is 38.2 Å². The molecule has 2 aliphatic heterocycles. The lowest BCUT2D eigenvalue weighted by atomic mass is 9.95. The maximum atomic E-state index is 12.6. The van der Waals surface area contributed by atoms with E-state index in [4.69, 9.17) is 22.5 Å². The molecule has 0 saturated carbocycles. The van der Waals surface area contributed by atoms with Gasteiger partial charge in [0.15, 0.2) is 22.5 Å². The first kappa shape index (κ1) is 32.4. The summed E-state index contributed by atoms with van der Waals surface area (Å²) in [4.78, 5) is 28.3. The fourth-order valence-electron chi connectivity index (χ4n) is 6.00. The molecule has 1 unspecified atom stereocenters. The molecule has 4 rings (SSSR count). The van der Waals surface area contributed by atoms with E-state index in [1.54, 1.807) is 0 Å². The third kappa shape index (κ3) is 8.08. The van der Waals surface area contributed by atoms with Gasteiger partial charge in [-0.25, -0.2) is 23.5 Å². The van der Waals surface area contributed by atoms with Crippen molar-refractivity contribution in [2.24, 2.45) is 5.14 Å². The maximum Gasteiger partial charge on any atom is 0.273 e. The van der Waals surface area contributed by atoms with Gasteiger partial charge in [0.05, 0.1) is 18.4 Å². The fraction of sp³-hybridized carbons (Fsp3) is 0.607. The molecule has 6 N–H and O–H groups in total. The Morgan fingerprint density at radius 3 is 2.48 bits per heavy atom. The van der Waals surface area contributed by atoms with Crippen LogP contribution in [0.2, 0.25) is 5.15 Å². The third-order valence-electron chi connectivity index (χ3n) is 8.31. The zero-order chi connectivity index (χ0) is 30.4. The minimum Gasteiger partial charge on any atom is -0.394 e. The lowest BCUT2D eigenvalue weighted by molar-refractivity contribution is 0.0356. The smallest absolute Gasteiger partial charge is 0.273 e. The number of nitrogens with one attached hydrogen (secondary N) is 1. The van der Waals surface area contributed by atoms with Crippen molar-refractivity contribution in [2.75, 3.05) is 62.3 Å². The molecule has 1 amide bonds. The molecule has 3 heterocycles. The third-order valence-corrected chi connectivity index (χ3v) is 9.42. The first-order valence-corrected chi connectivity index (χ1v) is 16.6. The summed E-state index contributed by atoms with van der Waals surface area (Å²) in [5.41, 5.74) is 8.39. The van der Waals surface area contributed by atoms with E-state index >= 15 is 0 Å². The van der Waals surface area contributed by atoms with Crippen LogP contribution >= 0.6 is 11.6 Å². The number of benzene rings is 1. The Bertz CT molecular complexity index is 1320. The molecule has 0 radical (unpaired) electrons. The zero-order valence-electron chi connectivity index (χ0n) is 24.4. The Morgan fingerprint density at radius 1 is 1.17 bits per heavy atom. The van der Waals surface area contributed by atoms with Crippen LogP contribution in [0.1, 0.15) is 60.3 Å². The van der Waals surface area contributed by atoms with Crippen molar-refractivity contribution in [3.8, 4) is 0 Å². The van der Waals surface area contributed by atoms with Crippen LogP contribution in [-0.4, -0.2) is 103 Å². The van der Waals surface area contributed by atoms with Gasteiger partial charge in [0.2, 0.25) is 10.0 Å². The van der Waals surface area contributed by atoms with E-state index in [0.717, 1.165) is 44.5 Å². The van der Waals surface area contributed by atoms with Crippen LogP contribution in [0.4, 0.5) is 11.6 Å². The number of amides is 1. The van der Waals surface area contributed by atoms with Crippen molar-refractivity contribution in [1.82, 2.24) is 25.1 Å². The lowest BCUT2D eigenvalue weighted by Gasteiger charge is -2.48. The van der Waals surface area contributed by atoms with Crippen LogP contribution in [0.5, 0.6) is 0 Å². The van der Waals surface area contributed by atoms with Crippen molar-refractivity contribution in [3.63, 3.8) is 0 Å². The molecular weight excluding hydrogens is 580 g/mol. The van der Waals surface area contributed by atoms with E-state index in [9.17, 15) is 18.3 Å². The number of anilines is 2. The Hall–Kier alpha value is -2.55. The summed E-state index contributed by atoms with van der Waals surface area (Å²) < 4.78 is 22.2. The summed E-state index contributed by atoms with van der Waals surface area (Å²) in [7, 11) is -3.60. The molecule has 2 aromatic rings. The second-order valence-corrected chi connectivity index (χ2v) is 13.3. The van der Waals surface area contributed by atoms with Crippen molar-refractivity contribution in [3.05, 3.63) is 46.2 Å². The molecule has 14 heteroatoms. The number of rotatable bonds is 11. The predicted molar refractivity (Wildman–Crippen MR) is 165 cm³/mol. The second kappa shape index (κ2) is 14.3. The average Bonchev–Trinajstić information content (AvgIpc) is 2.97. The van der Waals surface area contributed by atoms with Crippen molar-refractivity contribution in [2.45, 2.75) is 57.7 Å². The molecule has 0 spiro atoms. The van der Waals surface area contributed by atoms with Crippen molar-refractivity contribution in [1.29, 1.82) is 0 Å². The highest BCUT2D eigenvalue weighted by Gasteiger charge is 2.35. The monoisotopic (exact) mass is 622 g/mol. The normalized spacial score (nSPS) is 20.0. The minimum absolute atomic E-state index is 0.0173. The van der Waals surface area contributed by atoms with E-state index in [-0.39, 0.29) is 48.0 Å². The number of hydrogen-bond acceptors (Lipinski definition) is 10. The summed E-state index contributed by atoms with van der Waals surface area (Å²) in [6.45, 7) is 8.57. The molecule has 2 aliphatic rings. The molecule has 1 aromatic carbocycles. The van der Waals surface area contributed by atoms with Crippen molar-refractivity contribution < 1.29 is 18.3 Å². The van der Waals surface area contributed by atoms with Gasteiger partial charge in [0, 0.05) is 51.4 Å². The van der Waals surface area contributed by atoms with Gasteiger partial charge in [0.1, 0.15) is 0 Å². The largest absolute Gasteiger partial charge is 0.394 e. The van der Waals surface area contributed by atoms with E-state index in [0.29, 0.717) is 31.0 Å². The summed E-state index contributed by atoms with van der Waals surface area (Å²) >= 11 is 6.51. The number of nitrogen functional groups attached to an aromatic ring is 1. The highest BCUT2D eigenvalue weighted by Crippen LogP contribution is 2.31. The van der Waals surface area contributed by atoms with Gasteiger partial charge in [-0.2, -0.15) is 0 Å². The topological polar surface area (TPSA) is 171 Å². The Balaban J connectivity index is 1.35. The number of aliphatic hydroxyl groups is 1. The predicted octanol–water partition coefficient (Wildman–Crippen LogP) is 1.53. The lowest BCUT2D eigenvalue weighted by Crippen LogP contribution is -2.58. The number of carbonyl (C=O) groups is 1. The number of hydrogen-bond donors (Lipinski definition) is 4. The molecule has 12 nitrogen and oxygen atoms in total. The van der Waals surface area contributed by atoms with E-state index in [1.165, 1.54) is 5.56 Å². The molecule has 0 aliphatic carbocycles. The first-order valence-electron chi connectivity index (χ1n) is 14.5. The molecule has 232 valence electrons. The number of likely N-dealkylation sites (tertiary alicyclic amines) is 1. The van der Waals surface area contributed by atoms with Crippen LogP contribution in [0.3, 0.4) is 0 Å². The molecule has 2 fully saturated rings. The standard InChI is InChI=1S/C28H43ClN8O4S/c1-3-21-17-36(27-25(29)33-24(26(30)34-27)28(39)32-11-4-16-42(31,40)41)14-15-37(21)22-9-12-35(13-10-22)23(18-38)20-7-5-19(2)6-8-20/h5-8,21-23,38H,3-4,9-18H2,1-2H3,(H2,30,34)(H,32,39)(H2,31,40,41)/t21-,23?/m0/s1. The molecule has 42 heavy (non-hydrogen) atoms. The summed E-state index contributed by atoms with van der Waals surface area (Å²) in [5, 5.41) is 17.8. The van der Waals surface area contributed by atoms with Gasteiger partial charge < -0.3 is 21.1 Å². The number of halogens is 1.